The second-order valence-corrected chi connectivity index (χ2v) is 3.61. The van der Waals surface area contributed by atoms with Crippen molar-refractivity contribution in [3.63, 3.8) is 0 Å². The summed E-state index contributed by atoms with van der Waals surface area (Å²) in [4.78, 5) is 0. The van der Waals surface area contributed by atoms with Crippen LogP contribution in [0.3, 0.4) is 0 Å². The summed E-state index contributed by atoms with van der Waals surface area (Å²) < 4.78 is 42.8. The quantitative estimate of drug-likeness (QED) is 0.917. The molecule has 0 amide bonds. The molecule has 2 rings (SSSR count). The third kappa shape index (κ3) is 2.67. The van der Waals surface area contributed by atoms with Gasteiger partial charge in [-0.05, 0) is 25.2 Å². The lowest BCUT2D eigenvalue weighted by Crippen LogP contribution is -2.04. The van der Waals surface area contributed by atoms with Crippen LogP contribution in [0.4, 0.5) is 13.2 Å². The Balaban J connectivity index is 2.32. The molecular formula is C11H10F3N3O. The average molecular weight is 257 g/mol. The van der Waals surface area contributed by atoms with Gasteiger partial charge >= 0.3 is 6.18 Å². The first-order chi connectivity index (χ1) is 8.50. The van der Waals surface area contributed by atoms with Crippen LogP contribution in [0.1, 0.15) is 11.5 Å². The first kappa shape index (κ1) is 12.6. The first-order valence-corrected chi connectivity index (χ1v) is 5.15. The highest BCUT2D eigenvalue weighted by molar-refractivity contribution is 5.54. The summed E-state index contributed by atoms with van der Waals surface area (Å²) in [5, 5.41) is 10.2. The van der Waals surface area contributed by atoms with Crippen LogP contribution in [0.5, 0.6) is 0 Å². The van der Waals surface area contributed by atoms with Crippen molar-refractivity contribution in [1.82, 2.24) is 15.5 Å². The standard InChI is InChI=1S/C11H10F3N3O/c1-15-6-9-16-17-10(18-9)7-3-2-4-8(5-7)11(12,13)14/h2-5,15H,6H2,1H3. The predicted molar refractivity (Wildman–Crippen MR) is 57.5 cm³/mol. The van der Waals surface area contributed by atoms with Crippen molar-refractivity contribution in [2.75, 3.05) is 7.05 Å². The predicted octanol–water partition coefficient (Wildman–Crippen LogP) is 2.47. The zero-order valence-electron chi connectivity index (χ0n) is 9.45. The first-order valence-electron chi connectivity index (χ1n) is 5.15. The molecule has 0 aliphatic heterocycles. The number of nitrogens with one attached hydrogen (secondary N) is 1. The molecule has 1 aromatic heterocycles. The zero-order valence-corrected chi connectivity index (χ0v) is 9.45. The second kappa shape index (κ2) is 4.77. The lowest BCUT2D eigenvalue weighted by atomic mass is 10.1. The number of halogens is 3. The molecule has 0 saturated heterocycles. The van der Waals surface area contributed by atoms with Gasteiger partial charge in [0.2, 0.25) is 11.8 Å². The second-order valence-electron chi connectivity index (χ2n) is 3.61. The van der Waals surface area contributed by atoms with Gasteiger partial charge in [-0.25, -0.2) is 0 Å². The number of nitrogens with zero attached hydrogens (tertiary/aromatic N) is 2. The minimum absolute atomic E-state index is 0.0753. The Morgan fingerprint density at radius 3 is 2.72 bits per heavy atom. The Labute approximate surface area is 101 Å². The molecule has 4 nitrogen and oxygen atoms in total. The van der Waals surface area contributed by atoms with E-state index in [1.807, 2.05) is 0 Å². The Morgan fingerprint density at radius 2 is 2.06 bits per heavy atom. The van der Waals surface area contributed by atoms with E-state index in [9.17, 15) is 13.2 Å². The maximum absolute atomic E-state index is 12.5. The van der Waals surface area contributed by atoms with Gasteiger partial charge in [0.15, 0.2) is 0 Å². The van der Waals surface area contributed by atoms with Crippen LogP contribution in [0.15, 0.2) is 28.7 Å². The number of hydrogen-bond acceptors (Lipinski definition) is 4. The Kier molecular flexibility index (Phi) is 3.33. The van der Waals surface area contributed by atoms with Gasteiger partial charge in [0, 0.05) is 5.56 Å². The maximum atomic E-state index is 12.5. The van der Waals surface area contributed by atoms with Gasteiger partial charge in [0.1, 0.15) is 0 Å². The van der Waals surface area contributed by atoms with Gasteiger partial charge in [-0.1, -0.05) is 6.07 Å². The molecule has 0 aliphatic carbocycles. The minimum atomic E-state index is -4.39. The van der Waals surface area contributed by atoms with Crippen LogP contribution < -0.4 is 5.32 Å². The Morgan fingerprint density at radius 1 is 1.28 bits per heavy atom. The van der Waals surface area contributed by atoms with E-state index < -0.39 is 11.7 Å². The van der Waals surface area contributed by atoms with Crippen molar-refractivity contribution < 1.29 is 17.6 Å². The highest BCUT2D eigenvalue weighted by Crippen LogP contribution is 2.31. The summed E-state index contributed by atoms with van der Waals surface area (Å²) in [6.07, 6.45) is -4.39. The molecule has 0 atom stereocenters. The Bertz CT molecular complexity index is 536. The van der Waals surface area contributed by atoms with E-state index in [2.05, 4.69) is 15.5 Å². The molecule has 0 unspecified atom stereocenters. The molecule has 0 bridgehead atoms. The molecule has 96 valence electrons. The number of aromatic nitrogens is 2. The molecule has 0 radical (unpaired) electrons. The number of benzene rings is 1. The largest absolute Gasteiger partial charge is 0.419 e. The normalized spacial score (nSPS) is 11.8. The zero-order chi connectivity index (χ0) is 13.2. The van der Waals surface area contributed by atoms with Crippen LogP contribution in [0.2, 0.25) is 0 Å². The van der Waals surface area contributed by atoms with E-state index in [0.29, 0.717) is 12.4 Å². The lowest BCUT2D eigenvalue weighted by molar-refractivity contribution is -0.137. The number of alkyl halides is 3. The molecule has 0 fully saturated rings. The van der Waals surface area contributed by atoms with Crippen molar-refractivity contribution in [1.29, 1.82) is 0 Å². The molecule has 0 spiro atoms. The molecule has 0 aliphatic rings. The lowest BCUT2D eigenvalue weighted by Gasteiger charge is -2.06. The average Bonchev–Trinajstić information content (AvgIpc) is 2.77. The molecule has 1 heterocycles. The summed E-state index contributed by atoms with van der Waals surface area (Å²) in [6, 6.07) is 4.77. The minimum Gasteiger partial charge on any atom is -0.419 e. The highest BCUT2D eigenvalue weighted by atomic mass is 19.4. The van der Waals surface area contributed by atoms with Gasteiger partial charge in [-0.15, -0.1) is 10.2 Å². The van der Waals surface area contributed by atoms with Gasteiger partial charge in [-0.3, -0.25) is 0 Å². The maximum Gasteiger partial charge on any atom is 0.416 e. The van der Waals surface area contributed by atoms with Crippen LogP contribution in [0.25, 0.3) is 11.5 Å². The molecule has 18 heavy (non-hydrogen) atoms. The van der Waals surface area contributed by atoms with Crippen molar-refractivity contribution in [3.8, 4) is 11.5 Å². The summed E-state index contributed by atoms with van der Waals surface area (Å²) >= 11 is 0. The molecule has 1 aromatic carbocycles. The van der Waals surface area contributed by atoms with E-state index in [0.717, 1.165) is 12.1 Å². The van der Waals surface area contributed by atoms with Gasteiger partial charge in [-0.2, -0.15) is 13.2 Å². The highest BCUT2D eigenvalue weighted by Gasteiger charge is 2.30. The summed E-state index contributed by atoms with van der Waals surface area (Å²) in [5.74, 6) is 0.399. The fraction of sp³-hybridized carbons (Fsp3) is 0.273. The third-order valence-corrected chi connectivity index (χ3v) is 2.23. The fourth-order valence-corrected chi connectivity index (χ4v) is 1.42. The summed E-state index contributed by atoms with van der Waals surface area (Å²) in [7, 11) is 1.70. The summed E-state index contributed by atoms with van der Waals surface area (Å²) in [6.45, 7) is 0.367. The molecule has 1 N–H and O–H groups in total. The van der Waals surface area contributed by atoms with E-state index in [1.54, 1.807) is 7.05 Å². The molecule has 0 saturated carbocycles. The SMILES string of the molecule is CNCc1nnc(-c2cccc(C(F)(F)F)c2)o1. The smallest absolute Gasteiger partial charge is 0.416 e. The van der Waals surface area contributed by atoms with Crippen LogP contribution in [0, 0.1) is 0 Å². The van der Waals surface area contributed by atoms with Crippen LogP contribution in [-0.4, -0.2) is 17.2 Å². The number of rotatable bonds is 3. The molecule has 7 heteroatoms. The number of hydrogen-bond donors (Lipinski definition) is 1. The van der Waals surface area contributed by atoms with Crippen molar-refractivity contribution >= 4 is 0 Å². The fourth-order valence-electron chi connectivity index (χ4n) is 1.42. The van der Waals surface area contributed by atoms with Gasteiger partial charge < -0.3 is 9.73 Å². The monoisotopic (exact) mass is 257 g/mol. The van der Waals surface area contributed by atoms with Crippen molar-refractivity contribution in [3.05, 3.63) is 35.7 Å². The van der Waals surface area contributed by atoms with E-state index in [4.69, 9.17) is 4.42 Å². The van der Waals surface area contributed by atoms with E-state index in [-0.39, 0.29) is 11.5 Å². The Hall–Kier alpha value is -1.89. The van der Waals surface area contributed by atoms with Crippen LogP contribution >= 0.6 is 0 Å². The van der Waals surface area contributed by atoms with Crippen molar-refractivity contribution in [2.45, 2.75) is 12.7 Å². The van der Waals surface area contributed by atoms with E-state index >= 15 is 0 Å². The molecule has 2 aromatic rings. The third-order valence-electron chi connectivity index (χ3n) is 2.23. The van der Waals surface area contributed by atoms with Gasteiger partial charge in [0.05, 0.1) is 12.1 Å². The molecular weight excluding hydrogens is 247 g/mol. The topological polar surface area (TPSA) is 51.0 Å². The van der Waals surface area contributed by atoms with E-state index in [1.165, 1.54) is 12.1 Å². The van der Waals surface area contributed by atoms with Crippen LogP contribution in [-0.2, 0) is 12.7 Å². The van der Waals surface area contributed by atoms with Crippen molar-refractivity contribution in [2.24, 2.45) is 0 Å². The van der Waals surface area contributed by atoms with Gasteiger partial charge in [0.25, 0.3) is 0 Å². The summed E-state index contributed by atoms with van der Waals surface area (Å²) in [5.41, 5.74) is -0.493.